The van der Waals surface area contributed by atoms with E-state index in [-0.39, 0.29) is 0 Å². The van der Waals surface area contributed by atoms with E-state index >= 15 is 0 Å². The molecule has 1 N–H and O–H groups in total. The Morgan fingerprint density at radius 1 is 0.880 bits per heavy atom. The first-order valence-electron chi connectivity index (χ1n) is 8.65. The molecule has 1 aromatic heterocycles. The Hall–Kier alpha value is -2.75. The van der Waals surface area contributed by atoms with Crippen LogP contribution in [-0.4, -0.2) is 18.2 Å². The molecule has 130 valence electrons. The number of hydrogen-bond acceptors (Lipinski definition) is 4. The van der Waals surface area contributed by atoms with Gasteiger partial charge in [0.2, 0.25) is 0 Å². The molecule has 0 unspecified atom stereocenters. The van der Waals surface area contributed by atoms with E-state index in [4.69, 9.17) is 9.47 Å². The van der Waals surface area contributed by atoms with Gasteiger partial charge in [-0.05, 0) is 51.5 Å². The van der Waals surface area contributed by atoms with Crippen LogP contribution < -0.4 is 14.8 Å². The first kappa shape index (κ1) is 17.1. The minimum absolute atomic E-state index is 0.589. The van der Waals surface area contributed by atoms with Crippen LogP contribution in [0.4, 0.5) is 11.4 Å². The standard InChI is InChI=1S/C21H24N2O2/c1-5-24-20-12-16-18(23-17-8-7-14(3)11-15(17)4)9-10-22-19(16)13-21(20)25-6-2/h7-13H,5-6H2,1-4H3,(H,22,23). The van der Waals surface area contributed by atoms with E-state index in [9.17, 15) is 0 Å². The predicted octanol–water partition coefficient (Wildman–Crippen LogP) is 5.39. The van der Waals surface area contributed by atoms with Crippen molar-refractivity contribution in [2.75, 3.05) is 18.5 Å². The number of fused-ring (bicyclic) bond motifs is 1. The van der Waals surface area contributed by atoms with Crippen molar-refractivity contribution in [3.8, 4) is 11.5 Å². The second-order valence-electron chi connectivity index (χ2n) is 5.98. The molecule has 3 aromatic rings. The SMILES string of the molecule is CCOc1cc2nccc(Nc3ccc(C)cc3C)c2cc1OCC. The van der Waals surface area contributed by atoms with Crippen LogP contribution in [0.2, 0.25) is 0 Å². The molecule has 0 saturated heterocycles. The maximum atomic E-state index is 5.76. The van der Waals surface area contributed by atoms with Crippen molar-refractivity contribution in [2.45, 2.75) is 27.7 Å². The summed E-state index contributed by atoms with van der Waals surface area (Å²) < 4.78 is 11.5. The predicted molar refractivity (Wildman–Crippen MR) is 103 cm³/mol. The van der Waals surface area contributed by atoms with Crippen molar-refractivity contribution in [3.63, 3.8) is 0 Å². The summed E-state index contributed by atoms with van der Waals surface area (Å²) in [4.78, 5) is 4.49. The summed E-state index contributed by atoms with van der Waals surface area (Å²) in [6.07, 6.45) is 1.81. The molecule has 0 fully saturated rings. The molecule has 1 heterocycles. The fraction of sp³-hybridized carbons (Fsp3) is 0.286. The number of anilines is 2. The molecule has 0 aliphatic heterocycles. The third-order valence-corrected chi connectivity index (χ3v) is 4.06. The topological polar surface area (TPSA) is 43.4 Å². The van der Waals surface area contributed by atoms with Gasteiger partial charge in [-0.1, -0.05) is 17.7 Å². The van der Waals surface area contributed by atoms with Crippen LogP contribution in [0.5, 0.6) is 11.5 Å². The van der Waals surface area contributed by atoms with Crippen LogP contribution in [0.3, 0.4) is 0 Å². The zero-order valence-electron chi connectivity index (χ0n) is 15.2. The van der Waals surface area contributed by atoms with E-state index in [2.05, 4.69) is 42.3 Å². The Bertz CT molecular complexity index is 890. The largest absolute Gasteiger partial charge is 0.490 e. The number of rotatable bonds is 6. The van der Waals surface area contributed by atoms with Crippen molar-refractivity contribution in [2.24, 2.45) is 0 Å². The Labute approximate surface area is 148 Å². The molecule has 0 amide bonds. The lowest BCUT2D eigenvalue weighted by molar-refractivity contribution is 0.288. The lowest BCUT2D eigenvalue weighted by atomic mass is 10.1. The zero-order valence-corrected chi connectivity index (χ0v) is 15.2. The zero-order chi connectivity index (χ0) is 17.8. The van der Waals surface area contributed by atoms with Crippen molar-refractivity contribution >= 4 is 22.3 Å². The van der Waals surface area contributed by atoms with E-state index < -0.39 is 0 Å². The van der Waals surface area contributed by atoms with Gasteiger partial charge in [-0.15, -0.1) is 0 Å². The lowest BCUT2D eigenvalue weighted by Gasteiger charge is -2.15. The van der Waals surface area contributed by atoms with Gasteiger partial charge in [-0.3, -0.25) is 4.98 Å². The second-order valence-corrected chi connectivity index (χ2v) is 5.98. The Morgan fingerprint density at radius 3 is 2.28 bits per heavy atom. The number of nitrogens with zero attached hydrogens (tertiary/aromatic N) is 1. The summed E-state index contributed by atoms with van der Waals surface area (Å²) >= 11 is 0. The first-order chi connectivity index (χ1) is 12.1. The van der Waals surface area contributed by atoms with Crippen molar-refractivity contribution < 1.29 is 9.47 Å². The Morgan fingerprint density at radius 2 is 1.60 bits per heavy atom. The van der Waals surface area contributed by atoms with Gasteiger partial charge in [0.15, 0.2) is 11.5 Å². The summed E-state index contributed by atoms with van der Waals surface area (Å²) in [6.45, 7) is 9.32. The van der Waals surface area contributed by atoms with Gasteiger partial charge in [0.1, 0.15) is 0 Å². The third-order valence-electron chi connectivity index (χ3n) is 4.06. The van der Waals surface area contributed by atoms with Crippen molar-refractivity contribution in [1.82, 2.24) is 4.98 Å². The Balaban J connectivity index is 2.07. The minimum Gasteiger partial charge on any atom is -0.490 e. The molecule has 0 spiro atoms. The fourth-order valence-corrected chi connectivity index (χ4v) is 2.90. The molecule has 0 atom stereocenters. The molecule has 3 rings (SSSR count). The molecule has 0 saturated carbocycles. The molecule has 0 aliphatic rings. The van der Waals surface area contributed by atoms with Gasteiger partial charge < -0.3 is 14.8 Å². The quantitative estimate of drug-likeness (QED) is 0.655. The monoisotopic (exact) mass is 336 g/mol. The molecular formula is C21H24N2O2. The maximum absolute atomic E-state index is 5.76. The molecule has 0 aliphatic carbocycles. The summed E-state index contributed by atoms with van der Waals surface area (Å²) in [5, 5.41) is 4.54. The molecule has 0 bridgehead atoms. The molecule has 25 heavy (non-hydrogen) atoms. The highest BCUT2D eigenvalue weighted by atomic mass is 16.5. The lowest BCUT2D eigenvalue weighted by Crippen LogP contribution is -2.00. The number of hydrogen-bond donors (Lipinski definition) is 1. The molecular weight excluding hydrogens is 312 g/mol. The van der Waals surface area contributed by atoms with Crippen LogP contribution in [0.1, 0.15) is 25.0 Å². The number of nitrogens with one attached hydrogen (secondary N) is 1. The van der Waals surface area contributed by atoms with Gasteiger partial charge >= 0.3 is 0 Å². The van der Waals surface area contributed by atoms with Crippen molar-refractivity contribution in [3.05, 3.63) is 53.7 Å². The van der Waals surface area contributed by atoms with Gasteiger partial charge in [-0.25, -0.2) is 0 Å². The fourth-order valence-electron chi connectivity index (χ4n) is 2.90. The van der Waals surface area contributed by atoms with Crippen LogP contribution >= 0.6 is 0 Å². The van der Waals surface area contributed by atoms with Crippen LogP contribution in [0.15, 0.2) is 42.6 Å². The average Bonchev–Trinajstić information content (AvgIpc) is 2.59. The molecule has 4 heteroatoms. The number of aryl methyl sites for hydroxylation is 2. The van der Waals surface area contributed by atoms with Crippen LogP contribution in [-0.2, 0) is 0 Å². The molecule has 4 nitrogen and oxygen atoms in total. The van der Waals surface area contributed by atoms with Gasteiger partial charge in [0.05, 0.1) is 18.7 Å². The molecule has 0 radical (unpaired) electrons. The number of ether oxygens (including phenoxy) is 2. The third kappa shape index (κ3) is 3.68. The number of benzene rings is 2. The van der Waals surface area contributed by atoms with E-state index in [0.29, 0.717) is 13.2 Å². The highest BCUT2D eigenvalue weighted by Gasteiger charge is 2.11. The van der Waals surface area contributed by atoms with E-state index in [1.165, 1.54) is 11.1 Å². The van der Waals surface area contributed by atoms with E-state index in [0.717, 1.165) is 33.8 Å². The van der Waals surface area contributed by atoms with E-state index in [1.54, 1.807) is 0 Å². The smallest absolute Gasteiger partial charge is 0.163 e. The normalized spacial score (nSPS) is 10.7. The summed E-state index contributed by atoms with van der Waals surface area (Å²) in [5.74, 6) is 1.47. The summed E-state index contributed by atoms with van der Waals surface area (Å²) in [7, 11) is 0. The van der Waals surface area contributed by atoms with Crippen molar-refractivity contribution in [1.29, 1.82) is 0 Å². The van der Waals surface area contributed by atoms with Crippen LogP contribution in [0, 0.1) is 13.8 Å². The summed E-state index contributed by atoms with van der Waals surface area (Å²) in [5.41, 5.74) is 5.43. The number of aromatic nitrogens is 1. The van der Waals surface area contributed by atoms with Gasteiger partial charge in [0.25, 0.3) is 0 Å². The second kappa shape index (κ2) is 7.43. The van der Waals surface area contributed by atoms with Gasteiger partial charge in [0, 0.05) is 29.0 Å². The highest BCUT2D eigenvalue weighted by molar-refractivity contribution is 5.95. The first-order valence-corrected chi connectivity index (χ1v) is 8.65. The minimum atomic E-state index is 0.589. The van der Waals surface area contributed by atoms with E-state index in [1.807, 2.05) is 38.2 Å². The Kier molecular flexibility index (Phi) is 5.08. The summed E-state index contributed by atoms with van der Waals surface area (Å²) in [6, 6.07) is 12.3. The number of pyridine rings is 1. The highest BCUT2D eigenvalue weighted by Crippen LogP contribution is 2.36. The molecule has 2 aromatic carbocycles. The van der Waals surface area contributed by atoms with Crippen LogP contribution in [0.25, 0.3) is 10.9 Å². The maximum Gasteiger partial charge on any atom is 0.163 e. The van der Waals surface area contributed by atoms with Gasteiger partial charge in [-0.2, -0.15) is 0 Å². The average molecular weight is 336 g/mol.